The molecule has 0 aliphatic carbocycles. The highest BCUT2D eigenvalue weighted by Crippen LogP contribution is 2.21. The summed E-state index contributed by atoms with van der Waals surface area (Å²) in [6, 6.07) is -2.10. The highest BCUT2D eigenvalue weighted by atomic mass is 16.4. The van der Waals surface area contributed by atoms with E-state index in [-0.39, 0.29) is 30.1 Å². The number of hydrogen-bond donors (Lipinski definition) is 3. The minimum Gasteiger partial charge on any atom is -0.480 e. The highest BCUT2D eigenvalue weighted by molar-refractivity contribution is 5.90. The van der Waals surface area contributed by atoms with Gasteiger partial charge in [0.15, 0.2) is 0 Å². The Labute approximate surface area is 230 Å². The summed E-state index contributed by atoms with van der Waals surface area (Å²) in [4.78, 5) is 52.1. The molecular weight excluding hydrogens is 482 g/mol. The summed E-state index contributed by atoms with van der Waals surface area (Å²) in [6.45, 7) is 13.5. The summed E-state index contributed by atoms with van der Waals surface area (Å²) in [5, 5.41) is 15.3. The standard InChI is InChI=1S/C30H53N3O5/c1-8-11-13-15-18-23(17-14-12-9-2)20-27(34)31-25(19-22(4)5)28(35)32-26(30(37)38)21-24(16-10-3)29(36)33(6)7/h9-10,22-26H,2-3,8,11-21H2,1,4-7H3,(H,31,34)(H,32,35)(H,37,38). The molecule has 0 rings (SSSR count). The van der Waals surface area contributed by atoms with Gasteiger partial charge in [-0.2, -0.15) is 0 Å². The molecule has 0 spiro atoms. The Morgan fingerprint density at radius 1 is 0.895 bits per heavy atom. The Morgan fingerprint density at radius 3 is 2.08 bits per heavy atom. The fourth-order valence-corrected chi connectivity index (χ4v) is 4.62. The van der Waals surface area contributed by atoms with Gasteiger partial charge in [-0.3, -0.25) is 14.4 Å². The molecule has 0 aromatic heterocycles. The van der Waals surface area contributed by atoms with E-state index < -0.39 is 29.9 Å². The third-order valence-electron chi connectivity index (χ3n) is 6.70. The van der Waals surface area contributed by atoms with Gasteiger partial charge in [-0.25, -0.2) is 4.79 Å². The van der Waals surface area contributed by atoms with E-state index >= 15 is 0 Å². The smallest absolute Gasteiger partial charge is 0.326 e. The molecule has 38 heavy (non-hydrogen) atoms. The Balaban J connectivity index is 5.43. The molecule has 8 nitrogen and oxygen atoms in total. The number of allylic oxidation sites excluding steroid dienone is 2. The molecule has 0 aromatic carbocycles. The van der Waals surface area contributed by atoms with E-state index in [4.69, 9.17) is 0 Å². The molecule has 0 saturated carbocycles. The van der Waals surface area contributed by atoms with E-state index in [9.17, 15) is 24.3 Å². The van der Waals surface area contributed by atoms with Crippen molar-refractivity contribution in [1.29, 1.82) is 0 Å². The van der Waals surface area contributed by atoms with Crippen molar-refractivity contribution in [3.05, 3.63) is 25.3 Å². The Kier molecular flexibility index (Phi) is 18.9. The Hall–Kier alpha value is -2.64. The first-order valence-electron chi connectivity index (χ1n) is 14.2. The molecule has 8 heteroatoms. The maximum atomic E-state index is 13.2. The quantitative estimate of drug-likeness (QED) is 0.132. The van der Waals surface area contributed by atoms with Crippen LogP contribution in [0.25, 0.3) is 0 Å². The first kappa shape index (κ1) is 35.4. The molecule has 0 radical (unpaired) electrons. The van der Waals surface area contributed by atoms with Gasteiger partial charge in [0.05, 0.1) is 0 Å². The predicted octanol–water partition coefficient (Wildman–Crippen LogP) is 5.09. The average Bonchev–Trinajstić information content (AvgIpc) is 2.84. The van der Waals surface area contributed by atoms with Gasteiger partial charge in [-0.05, 0) is 56.8 Å². The van der Waals surface area contributed by atoms with E-state index in [1.807, 2.05) is 19.9 Å². The molecular formula is C30H53N3O5. The lowest BCUT2D eigenvalue weighted by atomic mass is 9.91. The van der Waals surface area contributed by atoms with Crippen molar-refractivity contribution in [3.63, 3.8) is 0 Å². The zero-order chi connectivity index (χ0) is 29.1. The molecule has 0 bridgehead atoms. The van der Waals surface area contributed by atoms with Crippen LogP contribution in [0.15, 0.2) is 25.3 Å². The van der Waals surface area contributed by atoms with Crippen molar-refractivity contribution >= 4 is 23.7 Å². The number of carbonyl (C=O) groups is 4. The minimum absolute atomic E-state index is 0.0599. The number of carbonyl (C=O) groups excluding carboxylic acids is 3. The molecule has 0 heterocycles. The minimum atomic E-state index is -1.26. The Morgan fingerprint density at radius 2 is 1.55 bits per heavy atom. The van der Waals surface area contributed by atoms with Crippen molar-refractivity contribution in [2.45, 2.75) is 110 Å². The van der Waals surface area contributed by atoms with Crippen LogP contribution in [0, 0.1) is 17.8 Å². The third-order valence-corrected chi connectivity index (χ3v) is 6.70. The predicted molar refractivity (Wildman–Crippen MR) is 153 cm³/mol. The van der Waals surface area contributed by atoms with Gasteiger partial charge in [0.2, 0.25) is 17.7 Å². The van der Waals surface area contributed by atoms with Crippen LogP contribution in [-0.2, 0) is 19.2 Å². The van der Waals surface area contributed by atoms with Gasteiger partial charge in [0.1, 0.15) is 12.1 Å². The number of carboxylic acid groups (broad SMARTS) is 1. The summed E-state index contributed by atoms with van der Waals surface area (Å²) in [5.74, 6) is -2.45. The highest BCUT2D eigenvalue weighted by Gasteiger charge is 2.31. The summed E-state index contributed by atoms with van der Waals surface area (Å²) in [5.41, 5.74) is 0. The van der Waals surface area contributed by atoms with Crippen LogP contribution < -0.4 is 10.6 Å². The number of nitrogens with zero attached hydrogens (tertiary/aromatic N) is 1. The van der Waals surface area contributed by atoms with Crippen LogP contribution in [0.3, 0.4) is 0 Å². The second-order valence-corrected chi connectivity index (χ2v) is 11.0. The average molecular weight is 536 g/mol. The number of aliphatic carboxylic acids is 1. The molecule has 3 amide bonds. The number of nitrogens with one attached hydrogen (secondary N) is 2. The van der Waals surface area contributed by atoms with Crippen LogP contribution in [0.5, 0.6) is 0 Å². The summed E-state index contributed by atoms with van der Waals surface area (Å²) in [7, 11) is 3.21. The molecule has 3 N–H and O–H groups in total. The topological polar surface area (TPSA) is 116 Å². The van der Waals surface area contributed by atoms with Gasteiger partial charge in [-0.15, -0.1) is 13.2 Å². The summed E-state index contributed by atoms with van der Waals surface area (Å²) in [6.07, 6.45) is 12.8. The zero-order valence-corrected chi connectivity index (χ0v) is 24.5. The van der Waals surface area contributed by atoms with Gasteiger partial charge < -0.3 is 20.6 Å². The van der Waals surface area contributed by atoms with E-state index in [2.05, 4.69) is 30.7 Å². The van der Waals surface area contributed by atoms with Gasteiger partial charge in [0, 0.05) is 26.4 Å². The second kappa shape index (κ2) is 20.3. The van der Waals surface area contributed by atoms with Crippen molar-refractivity contribution in [1.82, 2.24) is 15.5 Å². The van der Waals surface area contributed by atoms with Crippen molar-refractivity contribution in [3.8, 4) is 0 Å². The van der Waals surface area contributed by atoms with Crippen molar-refractivity contribution in [2.75, 3.05) is 14.1 Å². The molecule has 4 atom stereocenters. The van der Waals surface area contributed by atoms with E-state index in [1.165, 1.54) is 11.3 Å². The van der Waals surface area contributed by atoms with Gasteiger partial charge >= 0.3 is 5.97 Å². The number of unbranched alkanes of at least 4 members (excludes halogenated alkanes) is 4. The summed E-state index contributed by atoms with van der Waals surface area (Å²) >= 11 is 0. The lowest BCUT2D eigenvalue weighted by molar-refractivity contribution is -0.143. The Bertz CT molecular complexity index is 750. The lowest BCUT2D eigenvalue weighted by Gasteiger charge is -2.26. The molecule has 0 saturated heterocycles. The molecule has 218 valence electrons. The van der Waals surface area contributed by atoms with Crippen molar-refractivity contribution < 1.29 is 24.3 Å². The maximum absolute atomic E-state index is 13.2. The fraction of sp³-hybridized carbons (Fsp3) is 0.733. The number of amides is 3. The van der Waals surface area contributed by atoms with E-state index in [1.54, 1.807) is 20.2 Å². The first-order chi connectivity index (χ1) is 18.0. The van der Waals surface area contributed by atoms with Crippen LogP contribution in [0.1, 0.15) is 97.8 Å². The van der Waals surface area contributed by atoms with Crippen LogP contribution >= 0.6 is 0 Å². The maximum Gasteiger partial charge on any atom is 0.326 e. The number of rotatable bonds is 22. The SMILES string of the molecule is C=CCCCC(CCCCCC)CC(=O)NC(CC(C)C)C(=O)NC(CC(CC=C)C(=O)N(C)C)C(=O)O. The monoisotopic (exact) mass is 535 g/mol. The van der Waals surface area contributed by atoms with Crippen LogP contribution in [-0.4, -0.2) is 59.9 Å². The van der Waals surface area contributed by atoms with E-state index in [0.717, 1.165) is 44.9 Å². The number of hydrogen-bond acceptors (Lipinski definition) is 4. The molecule has 0 aliphatic rings. The number of carboxylic acids is 1. The van der Waals surface area contributed by atoms with Crippen molar-refractivity contribution in [2.24, 2.45) is 17.8 Å². The zero-order valence-electron chi connectivity index (χ0n) is 24.5. The van der Waals surface area contributed by atoms with E-state index in [0.29, 0.717) is 19.3 Å². The molecule has 0 aromatic rings. The molecule has 0 fully saturated rings. The lowest BCUT2D eigenvalue weighted by Crippen LogP contribution is -2.53. The normalized spacial score (nSPS) is 14.2. The second-order valence-electron chi connectivity index (χ2n) is 11.0. The van der Waals surface area contributed by atoms with Crippen LogP contribution in [0.4, 0.5) is 0 Å². The molecule has 4 unspecified atom stereocenters. The fourth-order valence-electron chi connectivity index (χ4n) is 4.62. The van der Waals surface area contributed by atoms with Gasteiger partial charge in [0.25, 0.3) is 0 Å². The largest absolute Gasteiger partial charge is 0.480 e. The summed E-state index contributed by atoms with van der Waals surface area (Å²) < 4.78 is 0. The first-order valence-corrected chi connectivity index (χ1v) is 14.2. The van der Waals surface area contributed by atoms with Crippen LogP contribution in [0.2, 0.25) is 0 Å². The third kappa shape index (κ3) is 15.6. The molecule has 0 aliphatic heterocycles. The van der Waals surface area contributed by atoms with Gasteiger partial charge in [-0.1, -0.05) is 58.6 Å².